The first-order chi connectivity index (χ1) is 13.7. The third kappa shape index (κ3) is 4.18. The van der Waals surface area contributed by atoms with Crippen LogP contribution in [0, 0.1) is 6.92 Å². The summed E-state index contributed by atoms with van der Waals surface area (Å²) in [5, 5.41) is 10.2. The van der Waals surface area contributed by atoms with Crippen LogP contribution in [0.2, 0.25) is 0 Å². The Kier molecular flexibility index (Phi) is 5.48. The molecule has 3 aromatic rings. The molecule has 3 rings (SSSR count). The summed E-state index contributed by atoms with van der Waals surface area (Å²) in [7, 11) is 1.38. The van der Waals surface area contributed by atoms with Gasteiger partial charge < -0.3 is 10.1 Å². The summed E-state index contributed by atoms with van der Waals surface area (Å²) >= 11 is 0. The number of alkyl halides is 3. The lowest BCUT2D eigenvalue weighted by Gasteiger charge is -2.20. The number of nitrogens with one attached hydrogen (secondary N) is 1. The molecule has 29 heavy (non-hydrogen) atoms. The fourth-order valence-corrected chi connectivity index (χ4v) is 2.69. The van der Waals surface area contributed by atoms with Gasteiger partial charge in [0.15, 0.2) is 5.82 Å². The maximum atomic E-state index is 13.2. The minimum atomic E-state index is -4.48. The van der Waals surface area contributed by atoms with E-state index >= 15 is 0 Å². The zero-order valence-electron chi connectivity index (χ0n) is 15.7. The van der Waals surface area contributed by atoms with Gasteiger partial charge in [0.2, 0.25) is 5.88 Å². The van der Waals surface area contributed by atoms with E-state index in [1.807, 2.05) is 0 Å². The lowest BCUT2D eigenvalue weighted by Crippen LogP contribution is -2.25. The van der Waals surface area contributed by atoms with Crippen LogP contribution in [0.1, 0.15) is 29.1 Å². The van der Waals surface area contributed by atoms with E-state index in [4.69, 9.17) is 4.74 Å². The van der Waals surface area contributed by atoms with E-state index in [1.54, 1.807) is 12.1 Å². The van der Waals surface area contributed by atoms with E-state index in [9.17, 15) is 18.0 Å². The molecule has 0 aromatic carbocycles. The first-order valence-corrected chi connectivity index (χ1v) is 8.48. The summed E-state index contributed by atoms with van der Waals surface area (Å²) in [6.07, 6.45) is -3.00. The van der Waals surface area contributed by atoms with Crippen LogP contribution in [0.3, 0.4) is 0 Å². The van der Waals surface area contributed by atoms with Crippen molar-refractivity contribution in [2.45, 2.75) is 26.1 Å². The van der Waals surface area contributed by atoms with Gasteiger partial charge in [-0.25, -0.2) is 9.97 Å². The number of methoxy groups -OCH3 is 1. The predicted molar refractivity (Wildman–Crippen MR) is 97.5 cm³/mol. The molecule has 3 heterocycles. The number of halogens is 3. The highest BCUT2D eigenvalue weighted by Gasteiger charge is 2.39. The number of amides is 1. The lowest BCUT2D eigenvalue weighted by molar-refractivity contribution is -0.163. The predicted octanol–water partition coefficient (Wildman–Crippen LogP) is 3.43. The van der Waals surface area contributed by atoms with Crippen LogP contribution in [-0.2, 0) is 0 Å². The number of ether oxygens (including phenoxy) is 1. The van der Waals surface area contributed by atoms with Gasteiger partial charge in [-0.2, -0.15) is 13.2 Å². The van der Waals surface area contributed by atoms with Crippen molar-refractivity contribution in [1.82, 2.24) is 24.7 Å². The van der Waals surface area contributed by atoms with Crippen LogP contribution in [0.15, 0.2) is 36.5 Å². The molecule has 1 atom stereocenters. The maximum Gasteiger partial charge on any atom is 0.408 e. The normalized spacial score (nSPS) is 12.5. The third-order valence-corrected chi connectivity index (χ3v) is 4.16. The van der Waals surface area contributed by atoms with Crippen molar-refractivity contribution >= 4 is 11.7 Å². The van der Waals surface area contributed by atoms with Crippen molar-refractivity contribution in [3.63, 3.8) is 0 Å². The first kappa shape index (κ1) is 20.2. The summed E-state index contributed by atoms with van der Waals surface area (Å²) in [5.74, 6) is -0.217. The smallest absolute Gasteiger partial charge is 0.408 e. The number of pyridine rings is 2. The molecule has 0 aliphatic heterocycles. The van der Waals surface area contributed by atoms with Crippen LogP contribution in [-0.4, -0.2) is 43.9 Å². The van der Waals surface area contributed by atoms with Gasteiger partial charge in [-0.1, -0.05) is 6.07 Å². The number of nitrogens with zero attached hydrogens (tertiary/aromatic N) is 5. The quantitative estimate of drug-likeness (QED) is 0.698. The second-order valence-electron chi connectivity index (χ2n) is 6.08. The average Bonchev–Trinajstić information content (AvgIpc) is 3.08. The third-order valence-electron chi connectivity index (χ3n) is 4.16. The van der Waals surface area contributed by atoms with E-state index in [2.05, 4.69) is 25.5 Å². The standard InChI is InChI=1S/C18H17F3N6O2/c1-10(18(19,20)21)27-11(2)25-26-15(27)13-7-4-8-14(23-13)24-16(28)12-6-5-9-22-17(12)29-3/h4-10H,1-3H3,(H,23,24,28)/t10-/m0/s1. The van der Waals surface area contributed by atoms with Crippen LogP contribution < -0.4 is 10.1 Å². The van der Waals surface area contributed by atoms with E-state index in [0.29, 0.717) is 0 Å². The van der Waals surface area contributed by atoms with Crippen LogP contribution in [0.25, 0.3) is 11.5 Å². The summed E-state index contributed by atoms with van der Waals surface area (Å²) < 4.78 is 45.7. The van der Waals surface area contributed by atoms with E-state index in [1.165, 1.54) is 38.4 Å². The van der Waals surface area contributed by atoms with Crippen molar-refractivity contribution in [3.05, 3.63) is 47.9 Å². The Morgan fingerprint density at radius 1 is 1.21 bits per heavy atom. The van der Waals surface area contributed by atoms with E-state index < -0.39 is 18.1 Å². The Hall–Kier alpha value is -3.50. The Labute approximate surface area is 163 Å². The molecular weight excluding hydrogens is 389 g/mol. The number of anilines is 1. The minimum Gasteiger partial charge on any atom is -0.480 e. The summed E-state index contributed by atoms with van der Waals surface area (Å²) in [6, 6.07) is 5.80. The van der Waals surface area contributed by atoms with Gasteiger partial charge in [-0.3, -0.25) is 9.36 Å². The summed E-state index contributed by atoms with van der Waals surface area (Å²) in [4.78, 5) is 20.7. The van der Waals surface area contributed by atoms with Crippen molar-refractivity contribution < 1.29 is 22.7 Å². The number of hydrogen-bond donors (Lipinski definition) is 1. The molecule has 1 amide bonds. The van der Waals surface area contributed by atoms with Crippen molar-refractivity contribution in [2.75, 3.05) is 12.4 Å². The molecule has 0 radical (unpaired) electrons. The topological polar surface area (TPSA) is 94.8 Å². The molecule has 0 saturated heterocycles. The number of rotatable bonds is 5. The molecule has 0 unspecified atom stereocenters. The van der Waals surface area contributed by atoms with Crippen molar-refractivity contribution in [1.29, 1.82) is 0 Å². The van der Waals surface area contributed by atoms with Crippen molar-refractivity contribution in [2.24, 2.45) is 0 Å². The largest absolute Gasteiger partial charge is 0.480 e. The fourth-order valence-electron chi connectivity index (χ4n) is 2.69. The first-order valence-electron chi connectivity index (χ1n) is 8.48. The summed E-state index contributed by atoms with van der Waals surface area (Å²) in [6.45, 7) is 2.44. The highest BCUT2D eigenvalue weighted by Crippen LogP contribution is 2.33. The molecular formula is C18H17F3N6O2. The highest BCUT2D eigenvalue weighted by molar-refractivity contribution is 6.05. The zero-order chi connectivity index (χ0) is 21.2. The Morgan fingerprint density at radius 3 is 2.66 bits per heavy atom. The number of hydrogen-bond acceptors (Lipinski definition) is 6. The minimum absolute atomic E-state index is 0.0533. The van der Waals surface area contributed by atoms with Gasteiger partial charge >= 0.3 is 6.18 Å². The number of carbonyl (C=O) groups is 1. The summed E-state index contributed by atoms with van der Waals surface area (Å²) in [5.41, 5.74) is 0.324. The maximum absolute atomic E-state index is 13.2. The Bertz CT molecular complexity index is 1030. The van der Waals surface area contributed by atoms with Crippen LogP contribution in [0.4, 0.5) is 19.0 Å². The molecule has 152 valence electrons. The van der Waals surface area contributed by atoms with Gasteiger partial charge in [-0.05, 0) is 38.1 Å². The number of carbonyl (C=O) groups excluding carboxylic acids is 1. The second-order valence-corrected chi connectivity index (χ2v) is 6.08. The SMILES string of the molecule is COc1ncccc1C(=O)Nc1cccc(-c2nnc(C)n2[C@@H](C)C(F)(F)F)n1. The van der Waals surface area contributed by atoms with E-state index in [-0.39, 0.29) is 34.6 Å². The average molecular weight is 406 g/mol. The lowest BCUT2D eigenvalue weighted by atomic mass is 10.2. The van der Waals surface area contributed by atoms with Gasteiger partial charge in [0, 0.05) is 6.20 Å². The van der Waals surface area contributed by atoms with Crippen molar-refractivity contribution in [3.8, 4) is 17.4 Å². The molecule has 0 fully saturated rings. The fraction of sp³-hybridized carbons (Fsp3) is 0.278. The molecule has 1 N–H and O–H groups in total. The molecule has 0 spiro atoms. The second kappa shape index (κ2) is 7.86. The van der Waals surface area contributed by atoms with Gasteiger partial charge in [0.1, 0.15) is 28.9 Å². The van der Waals surface area contributed by atoms with Gasteiger partial charge in [-0.15, -0.1) is 10.2 Å². The molecule has 11 heteroatoms. The van der Waals surface area contributed by atoms with E-state index in [0.717, 1.165) is 11.5 Å². The van der Waals surface area contributed by atoms with Gasteiger partial charge in [0.05, 0.1) is 7.11 Å². The van der Waals surface area contributed by atoms with Gasteiger partial charge in [0.25, 0.3) is 5.91 Å². The molecule has 0 aliphatic rings. The number of aromatic nitrogens is 5. The molecule has 8 nitrogen and oxygen atoms in total. The molecule has 0 aliphatic carbocycles. The zero-order valence-corrected chi connectivity index (χ0v) is 15.7. The van der Waals surface area contributed by atoms with Crippen LogP contribution >= 0.6 is 0 Å². The number of aryl methyl sites for hydroxylation is 1. The Morgan fingerprint density at radius 2 is 1.97 bits per heavy atom. The molecule has 0 saturated carbocycles. The molecule has 3 aromatic heterocycles. The Balaban J connectivity index is 1.93. The highest BCUT2D eigenvalue weighted by atomic mass is 19.4. The van der Waals surface area contributed by atoms with Crippen LogP contribution in [0.5, 0.6) is 5.88 Å². The monoisotopic (exact) mass is 406 g/mol. The molecule has 0 bridgehead atoms.